The van der Waals surface area contributed by atoms with Gasteiger partial charge in [-0.2, -0.15) is 0 Å². The molecule has 1 atom stereocenters. The highest BCUT2D eigenvalue weighted by atomic mass is 28.5. The van der Waals surface area contributed by atoms with Crippen molar-refractivity contribution in [1.29, 1.82) is 0 Å². The highest BCUT2D eigenvalue weighted by Crippen LogP contribution is 2.28. The molecule has 0 aliphatic rings. The molecule has 0 rings (SSSR count). The second-order valence-corrected chi connectivity index (χ2v) is 48.5. The van der Waals surface area contributed by atoms with Gasteiger partial charge in [-0.3, -0.25) is 0 Å². The molecular weight excluding hydrogens is 597 g/mol. The molecule has 0 aliphatic heterocycles. The molecule has 226 valence electrons. The van der Waals surface area contributed by atoms with Gasteiger partial charge in [-0.05, 0) is 130 Å². The Morgan fingerprint density at radius 2 is 0.622 bits per heavy atom. The first-order chi connectivity index (χ1) is 15.8. The van der Waals surface area contributed by atoms with Crippen LogP contribution in [0.1, 0.15) is 19.8 Å². The Morgan fingerprint density at radius 1 is 0.351 bits per heavy atom. The molecule has 0 amide bonds. The van der Waals surface area contributed by atoms with Crippen molar-refractivity contribution in [2.45, 2.75) is 150 Å². The van der Waals surface area contributed by atoms with Gasteiger partial charge in [-0.15, -0.1) is 0 Å². The lowest BCUT2D eigenvalue weighted by molar-refractivity contribution is 0.322. The SMILES string of the molecule is CCCC[Si](C)(O[Si](C)(C)C)O[Si](C)(C)O[Si](C)(C)C.C[Si](C)(C)O[Si](C)(C)O[Si](C)(C)O[Si](C)(C)C. The van der Waals surface area contributed by atoms with Crippen LogP contribution in [0.3, 0.4) is 0 Å². The summed E-state index contributed by atoms with van der Waals surface area (Å²) in [4.78, 5) is 0. The summed E-state index contributed by atoms with van der Waals surface area (Å²) in [7, 11) is -14.6. The fourth-order valence-corrected chi connectivity index (χ4v) is 40.4. The first-order valence-corrected chi connectivity index (χ1v) is 38.6. The van der Waals surface area contributed by atoms with E-state index in [4.69, 9.17) is 24.7 Å². The second-order valence-electron chi connectivity index (χ2n) is 15.5. The molecule has 0 bridgehead atoms. The molecule has 0 aliphatic carbocycles. The van der Waals surface area contributed by atoms with Gasteiger partial charge in [0.05, 0.1) is 0 Å². The fraction of sp³-hybridized carbons (Fsp3) is 1.00. The molecule has 0 saturated heterocycles. The molecule has 14 heteroatoms. The van der Waals surface area contributed by atoms with Crippen molar-refractivity contribution in [2.75, 3.05) is 0 Å². The largest absolute Gasteiger partial charge is 0.437 e. The van der Waals surface area contributed by atoms with Gasteiger partial charge < -0.3 is 24.7 Å². The predicted octanol–water partition coefficient (Wildman–Crippen LogP) is 9.39. The zero-order valence-corrected chi connectivity index (χ0v) is 36.6. The van der Waals surface area contributed by atoms with E-state index in [2.05, 4.69) is 131 Å². The van der Waals surface area contributed by atoms with E-state index in [0.717, 1.165) is 6.04 Å². The standard InChI is InChI=1S/C13H36O3Si4.C10H30O3Si4/c1-11-12-13-20(10,15-18(5,6)7)16-19(8,9)14-17(2,3)4;1-14(2,3)11-16(7,8)13-17(9,10)12-15(4,5)6/h11-13H2,1-10H3;1-10H3. The van der Waals surface area contributed by atoms with Crippen LogP contribution in [-0.2, 0) is 24.7 Å². The fourth-order valence-electron chi connectivity index (χ4n) is 4.65. The normalized spacial score (nSPS) is 16.2. The maximum atomic E-state index is 6.58. The number of unbranched alkanes of at least 4 members (excludes halogenated alkanes) is 1. The molecular formula is C23H66O6Si8. The van der Waals surface area contributed by atoms with Gasteiger partial charge in [0.1, 0.15) is 0 Å². The van der Waals surface area contributed by atoms with Crippen LogP contribution in [0.15, 0.2) is 0 Å². The first-order valence-electron chi connectivity index (χ1n) is 14.0. The van der Waals surface area contributed by atoms with E-state index in [1.807, 2.05) is 0 Å². The van der Waals surface area contributed by atoms with Crippen molar-refractivity contribution in [2.24, 2.45) is 0 Å². The van der Waals surface area contributed by atoms with Crippen LogP contribution in [0.2, 0.25) is 130 Å². The Balaban J connectivity index is 0. The topological polar surface area (TPSA) is 55.4 Å². The van der Waals surface area contributed by atoms with Crippen molar-refractivity contribution in [1.82, 2.24) is 0 Å². The minimum absolute atomic E-state index is 1.08. The molecule has 0 radical (unpaired) electrons. The van der Waals surface area contributed by atoms with Gasteiger partial charge in [0, 0.05) is 0 Å². The van der Waals surface area contributed by atoms with E-state index < -0.39 is 67.5 Å². The summed E-state index contributed by atoms with van der Waals surface area (Å²) in [5.74, 6) is 0. The molecule has 0 N–H and O–H groups in total. The lowest BCUT2D eigenvalue weighted by atomic mass is 10.4. The highest BCUT2D eigenvalue weighted by Gasteiger charge is 2.44. The summed E-state index contributed by atoms with van der Waals surface area (Å²) >= 11 is 0. The van der Waals surface area contributed by atoms with E-state index in [1.165, 1.54) is 12.8 Å². The Labute approximate surface area is 241 Å². The molecule has 0 aromatic heterocycles. The Kier molecular flexibility index (Phi) is 16.0. The van der Waals surface area contributed by atoms with Crippen LogP contribution >= 0.6 is 0 Å². The number of hydrogen-bond acceptors (Lipinski definition) is 6. The van der Waals surface area contributed by atoms with Gasteiger partial charge in [-0.25, -0.2) is 0 Å². The zero-order valence-electron chi connectivity index (χ0n) is 28.6. The summed E-state index contributed by atoms with van der Waals surface area (Å²) in [6.07, 6.45) is 2.38. The third-order valence-corrected chi connectivity index (χ3v) is 30.4. The average molecular weight is 663 g/mol. The van der Waals surface area contributed by atoms with Crippen LogP contribution in [0.5, 0.6) is 0 Å². The molecule has 0 fully saturated rings. The lowest BCUT2D eigenvalue weighted by Gasteiger charge is -2.41. The van der Waals surface area contributed by atoms with Crippen molar-refractivity contribution in [3.05, 3.63) is 0 Å². The predicted molar refractivity (Wildman–Crippen MR) is 184 cm³/mol. The van der Waals surface area contributed by atoms with E-state index in [-0.39, 0.29) is 0 Å². The van der Waals surface area contributed by atoms with Gasteiger partial charge in [0.25, 0.3) is 0 Å². The van der Waals surface area contributed by atoms with Crippen molar-refractivity contribution >= 4 is 67.5 Å². The second kappa shape index (κ2) is 14.6. The summed E-state index contributed by atoms with van der Waals surface area (Å²) in [5.41, 5.74) is 0. The van der Waals surface area contributed by atoms with Crippen molar-refractivity contribution in [3.63, 3.8) is 0 Å². The Morgan fingerprint density at radius 3 is 0.865 bits per heavy atom. The van der Waals surface area contributed by atoms with Crippen LogP contribution in [-0.4, -0.2) is 67.5 Å². The maximum absolute atomic E-state index is 6.58. The summed E-state index contributed by atoms with van der Waals surface area (Å²) in [5, 5.41) is 0. The summed E-state index contributed by atoms with van der Waals surface area (Å²) in [6, 6.07) is 1.08. The van der Waals surface area contributed by atoms with E-state index >= 15 is 0 Å². The molecule has 0 spiro atoms. The lowest BCUT2D eigenvalue weighted by Crippen LogP contribution is -2.56. The van der Waals surface area contributed by atoms with Gasteiger partial charge in [-0.1, -0.05) is 19.8 Å². The monoisotopic (exact) mass is 662 g/mol. The van der Waals surface area contributed by atoms with E-state index in [9.17, 15) is 0 Å². The number of rotatable bonds is 15. The van der Waals surface area contributed by atoms with E-state index in [1.54, 1.807) is 0 Å². The molecule has 0 heterocycles. The van der Waals surface area contributed by atoms with E-state index in [0.29, 0.717) is 0 Å². The maximum Gasteiger partial charge on any atom is 0.315 e. The molecule has 6 nitrogen and oxygen atoms in total. The number of hydrogen-bond donors (Lipinski definition) is 0. The Hall–Kier alpha value is 1.50. The molecule has 1 unspecified atom stereocenters. The summed E-state index contributed by atoms with van der Waals surface area (Å²) < 4.78 is 38.1. The third-order valence-electron chi connectivity index (χ3n) is 4.12. The quantitative estimate of drug-likeness (QED) is 0.163. The van der Waals surface area contributed by atoms with Crippen LogP contribution in [0.4, 0.5) is 0 Å². The minimum atomic E-state index is -2.12. The van der Waals surface area contributed by atoms with Crippen LogP contribution < -0.4 is 0 Å². The van der Waals surface area contributed by atoms with Gasteiger partial charge in [0.15, 0.2) is 33.3 Å². The third kappa shape index (κ3) is 26.2. The molecule has 0 aromatic carbocycles. The van der Waals surface area contributed by atoms with Gasteiger partial charge >= 0.3 is 34.2 Å². The smallest absolute Gasteiger partial charge is 0.315 e. The van der Waals surface area contributed by atoms with Crippen molar-refractivity contribution in [3.8, 4) is 0 Å². The molecule has 0 aromatic rings. The van der Waals surface area contributed by atoms with Crippen molar-refractivity contribution < 1.29 is 24.7 Å². The minimum Gasteiger partial charge on any atom is -0.437 e. The molecule has 37 heavy (non-hydrogen) atoms. The summed E-state index contributed by atoms with van der Waals surface area (Å²) in [6.45, 7) is 44.0. The first kappa shape index (κ1) is 40.6. The highest BCUT2D eigenvalue weighted by molar-refractivity contribution is 6.90. The zero-order chi connectivity index (χ0) is 30.4. The average Bonchev–Trinajstić information content (AvgIpc) is 2.41. The van der Waals surface area contributed by atoms with Crippen LogP contribution in [0, 0.1) is 0 Å². The molecule has 0 saturated carbocycles. The van der Waals surface area contributed by atoms with Gasteiger partial charge in [0.2, 0.25) is 0 Å². The Bertz CT molecular complexity index is 638. The van der Waals surface area contributed by atoms with Crippen LogP contribution in [0.25, 0.3) is 0 Å².